The van der Waals surface area contributed by atoms with Gasteiger partial charge in [-0.15, -0.1) is 0 Å². The van der Waals surface area contributed by atoms with Gasteiger partial charge in [0.15, 0.2) is 7.14 Å². The van der Waals surface area contributed by atoms with Crippen LogP contribution in [0.2, 0.25) is 0 Å². The van der Waals surface area contributed by atoms with Crippen LogP contribution in [0, 0.1) is 0 Å². The van der Waals surface area contributed by atoms with E-state index in [1.807, 2.05) is 49.1 Å². The van der Waals surface area contributed by atoms with Gasteiger partial charge in [0.2, 0.25) is 0 Å². The molecule has 0 unspecified atom stereocenters. The molecule has 0 bridgehead atoms. The summed E-state index contributed by atoms with van der Waals surface area (Å²) < 4.78 is 16.5. The molecule has 0 saturated heterocycles. The van der Waals surface area contributed by atoms with Crippen molar-refractivity contribution in [3.8, 4) is 0 Å². The maximum absolute atomic E-state index is 16.5. The van der Waals surface area contributed by atoms with Gasteiger partial charge in [0, 0.05) is 26.7 Å². The van der Waals surface area contributed by atoms with Gasteiger partial charge in [-0.1, -0.05) is 189 Å². The Morgan fingerprint density at radius 1 is 0.394 bits per heavy atom. The molecule has 6 heterocycles. The minimum atomic E-state index is -3.39. The molecule has 10 heteroatoms. The lowest BCUT2D eigenvalue weighted by Crippen LogP contribution is -2.75. The Labute approximate surface area is 385 Å². The third-order valence-electron chi connectivity index (χ3n) is 14.8. The van der Waals surface area contributed by atoms with Crippen LogP contribution in [0.5, 0.6) is 0 Å². The highest BCUT2D eigenvalue weighted by atomic mass is 31.2. The van der Waals surface area contributed by atoms with E-state index in [1.54, 1.807) is 0 Å². The van der Waals surface area contributed by atoms with Crippen LogP contribution < -0.4 is 59.0 Å². The first-order valence-electron chi connectivity index (χ1n) is 22.7. The van der Waals surface area contributed by atoms with E-state index in [9.17, 15) is 0 Å². The Hall–Kier alpha value is -7.34. The zero-order valence-electron chi connectivity index (χ0n) is 37.1. The van der Waals surface area contributed by atoms with E-state index in [2.05, 4.69) is 177 Å². The third kappa shape index (κ3) is 5.26. The number of benzene rings is 7. The zero-order chi connectivity index (χ0) is 44.5. The van der Waals surface area contributed by atoms with E-state index in [1.165, 1.54) is 22.3 Å². The number of hydrogen-bond donors (Lipinski definition) is 0. The molecule has 0 atom stereocenters. The summed E-state index contributed by atoms with van der Waals surface area (Å²) in [5.41, 5.74) is 16.0. The minimum Gasteiger partial charge on any atom is -0.309 e. The van der Waals surface area contributed by atoms with Crippen molar-refractivity contribution in [3.05, 3.63) is 211 Å². The van der Waals surface area contributed by atoms with Crippen LogP contribution in [0.25, 0.3) is 0 Å². The highest BCUT2D eigenvalue weighted by Gasteiger charge is 2.52. The summed E-state index contributed by atoms with van der Waals surface area (Å²) in [5.74, 6) is 0. The zero-order valence-corrected chi connectivity index (χ0v) is 38.0. The highest BCUT2D eigenvalue weighted by Crippen LogP contribution is 2.53. The topological polar surface area (TPSA) is 75.1 Å². The Morgan fingerprint density at radius 2 is 0.697 bits per heavy atom. The van der Waals surface area contributed by atoms with Crippen molar-refractivity contribution in [1.82, 2.24) is 19.9 Å². The van der Waals surface area contributed by atoms with Crippen molar-refractivity contribution < 1.29 is 4.57 Å². The molecule has 314 valence electrons. The smallest absolute Gasteiger partial charge is 0.291 e. The standard InChI is InChI=1S/C56H43B2N6OP/c1-55(2)38-18-5-11-26-46(38)63(47-27-12-6-19-39(47)55)36-32-59-53(60-33-36)57-42-22-9-15-30-50(42)66(65)51-31-16-10-23-43(51)58(45-25-17-24-44(57)52(45)66)54-61-34-37(35-62-54)64-48-28-13-7-20-40(48)56(3,4)41-21-8-14-29-49(41)64/h5-35H,1-4H3. The second-order valence-electron chi connectivity index (χ2n) is 19.0. The predicted octanol–water partition coefficient (Wildman–Crippen LogP) is 6.78. The van der Waals surface area contributed by atoms with Crippen LogP contribution in [-0.2, 0) is 15.4 Å². The first-order chi connectivity index (χ1) is 32.2. The summed E-state index contributed by atoms with van der Waals surface area (Å²) in [6, 6.07) is 57.3. The second-order valence-corrected chi connectivity index (χ2v) is 21.6. The lowest BCUT2D eigenvalue weighted by Gasteiger charge is -2.42. The predicted molar refractivity (Wildman–Crippen MR) is 273 cm³/mol. The summed E-state index contributed by atoms with van der Waals surface area (Å²) in [7, 11) is -3.39. The quantitative estimate of drug-likeness (QED) is 0.143. The highest BCUT2D eigenvalue weighted by molar-refractivity contribution is 7.88. The van der Waals surface area contributed by atoms with Gasteiger partial charge in [-0.25, -0.2) is 19.9 Å². The first-order valence-corrected chi connectivity index (χ1v) is 24.4. The molecule has 9 aromatic rings. The van der Waals surface area contributed by atoms with Crippen LogP contribution in [0.15, 0.2) is 189 Å². The SMILES string of the molecule is CC1(C)c2ccccc2N(c2cnc(B3c4ccccc4P4(=O)c5ccccc5B(c5ncc(N6c7ccccc7C(C)(C)c7ccccc76)cn5)c5cccc3c54)nc2)c2ccccc21. The average Bonchev–Trinajstić information content (AvgIpc) is 3.35. The number of hydrogen-bond acceptors (Lipinski definition) is 7. The fourth-order valence-electron chi connectivity index (χ4n) is 11.8. The van der Waals surface area contributed by atoms with Gasteiger partial charge in [-0.05, 0) is 46.5 Å². The van der Waals surface area contributed by atoms with Crippen LogP contribution in [0.4, 0.5) is 34.1 Å². The number of fused-ring (bicyclic) bond motifs is 8. The van der Waals surface area contributed by atoms with Gasteiger partial charge < -0.3 is 14.4 Å². The second kappa shape index (κ2) is 14.1. The lowest BCUT2D eigenvalue weighted by molar-refractivity contribution is 0.592. The molecule has 0 amide bonds. The molecule has 7 aromatic carbocycles. The molecule has 4 aliphatic heterocycles. The van der Waals surface area contributed by atoms with Gasteiger partial charge >= 0.3 is 0 Å². The molecule has 0 N–H and O–H groups in total. The lowest BCUT2D eigenvalue weighted by atomic mass is 9.36. The van der Waals surface area contributed by atoms with E-state index < -0.39 is 7.14 Å². The number of nitrogens with zero attached hydrogens (tertiary/aromatic N) is 6. The molecule has 0 aliphatic carbocycles. The maximum atomic E-state index is 16.5. The number of aromatic nitrogens is 4. The normalized spacial score (nSPS) is 16.2. The van der Waals surface area contributed by atoms with E-state index >= 15 is 4.57 Å². The summed E-state index contributed by atoms with van der Waals surface area (Å²) in [6.07, 6.45) is 7.81. The molecular formula is C56H43B2N6OP. The summed E-state index contributed by atoms with van der Waals surface area (Å²) >= 11 is 0. The number of anilines is 6. The number of rotatable bonds is 4. The summed E-state index contributed by atoms with van der Waals surface area (Å²) in [6.45, 7) is 8.45. The third-order valence-corrected chi connectivity index (χ3v) is 18.1. The summed E-state index contributed by atoms with van der Waals surface area (Å²) in [5, 5.41) is 2.51. The van der Waals surface area contributed by atoms with Crippen LogP contribution in [0.1, 0.15) is 49.9 Å². The van der Waals surface area contributed by atoms with Crippen LogP contribution >= 0.6 is 7.14 Å². The van der Waals surface area contributed by atoms with Crippen molar-refractivity contribution in [2.45, 2.75) is 38.5 Å². The monoisotopic (exact) mass is 868 g/mol. The van der Waals surface area contributed by atoms with Gasteiger partial charge in [0.1, 0.15) is 0 Å². The molecule has 0 radical (unpaired) electrons. The van der Waals surface area contributed by atoms with Gasteiger partial charge in [0.05, 0.1) is 70.4 Å². The largest absolute Gasteiger partial charge is 0.309 e. The molecule has 0 fully saturated rings. The van der Waals surface area contributed by atoms with E-state index in [0.717, 1.165) is 71.9 Å². The van der Waals surface area contributed by atoms with Crippen molar-refractivity contribution in [3.63, 3.8) is 0 Å². The van der Waals surface area contributed by atoms with Gasteiger partial charge in [0.25, 0.3) is 13.4 Å². The Kier molecular flexibility index (Phi) is 8.33. The van der Waals surface area contributed by atoms with Crippen LogP contribution in [-0.4, -0.2) is 33.4 Å². The van der Waals surface area contributed by atoms with Crippen molar-refractivity contribution in [2.75, 3.05) is 9.80 Å². The fraction of sp³-hybridized carbons (Fsp3) is 0.107. The fourth-order valence-corrected chi connectivity index (χ4v) is 15.4. The average molecular weight is 869 g/mol. The molecule has 4 aliphatic rings. The molecule has 7 nitrogen and oxygen atoms in total. The molecule has 13 rings (SSSR count). The summed E-state index contributed by atoms with van der Waals surface area (Å²) in [4.78, 5) is 25.5. The molecular weight excluding hydrogens is 825 g/mol. The van der Waals surface area contributed by atoms with E-state index in [0.29, 0.717) is 11.4 Å². The van der Waals surface area contributed by atoms with E-state index in [-0.39, 0.29) is 24.3 Å². The van der Waals surface area contributed by atoms with Gasteiger partial charge in [-0.2, -0.15) is 0 Å². The number of para-hydroxylation sites is 4. The Bertz CT molecular complexity index is 3200. The van der Waals surface area contributed by atoms with Crippen molar-refractivity contribution in [1.29, 1.82) is 0 Å². The molecule has 0 saturated carbocycles. The molecule has 66 heavy (non-hydrogen) atoms. The van der Waals surface area contributed by atoms with E-state index in [4.69, 9.17) is 19.9 Å². The Morgan fingerprint density at radius 3 is 1.06 bits per heavy atom. The minimum absolute atomic E-state index is 0.177. The molecule has 0 spiro atoms. The Balaban J connectivity index is 0.944. The van der Waals surface area contributed by atoms with Crippen LogP contribution in [0.3, 0.4) is 0 Å². The molecule has 2 aromatic heterocycles. The van der Waals surface area contributed by atoms with Crippen molar-refractivity contribution >= 4 is 104 Å². The maximum Gasteiger partial charge on any atom is 0.291 e. The van der Waals surface area contributed by atoms with Gasteiger partial charge in [-0.3, -0.25) is 0 Å². The first kappa shape index (κ1) is 39.1. The van der Waals surface area contributed by atoms with Crippen molar-refractivity contribution in [2.24, 2.45) is 0 Å².